The summed E-state index contributed by atoms with van der Waals surface area (Å²) in [6, 6.07) is 6.93. The van der Waals surface area contributed by atoms with Crippen LogP contribution < -0.4 is 0 Å². The summed E-state index contributed by atoms with van der Waals surface area (Å²) in [7, 11) is 0. The van der Waals surface area contributed by atoms with Gasteiger partial charge in [0.15, 0.2) is 0 Å². The summed E-state index contributed by atoms with van der Waals surface area (Å²) in [5.41, 5.74) is -0.246. The molecular formula is C24H33F2NO4. The van der Waals surface area contributed by atoms with Crippen molar-refractivity contribution in [2.24, 2.45) is 0 Å². The van der Waals surface area contributed by atoms with Crippen LogP contribution in [-0.2, 0) is 20.2 Å². The normalized spacial score (nSPS) is 18.2. The van der Waals surface area contributed by atoms with E-state index in [9.17, 15) is 23.5 Å². The van der Waals surface area contributed by atoms with Gasteiger partial charge in [-0.05, 0) is 33.1 Å². The number of ether oxygens (including phenoxy) is 1. The fraction of sp³-hybridized carbons (Fsp3) is 0.583. The van der Waals surface area contributed by atoms with Crippen LogP contribution in [0.5, 0.6) is 0 Å². The topological polar surface area (TPSA) is 66.8 Å². The first-order valence-corrected chi connectivity index (χ1v) is 11.0. The lowest BCUT2D eigenvalue weighted by Gasteiger charge is -2.24. The van der Waals surface area contributed by atoms with Crippen LogP contribution in [0.2, 0.25) is 0 Å². The molecule has 1 amide bonds. The number of hydrogen-bond acceptors (Lipinski definition) is 4. The van der Waals surface area contributed by atoms with Crippen molar-refractivity contribution in [3.8, 4) is 0 Å². The Morgan fingerprint density at radius 3 is 2.58 bits per heavy atom. The molecule has 0 bridgehead atoms. The molecule has 2 rings (SSSR count). The molecule has 0 aliphatic carbocycles. The summed E-state index contributed by atoms with van der Waals surface area (Å²) in [5, 5.41) is 10.0. The molecule has 1 aromatic rings. The Hall–Kier alpha value is -2.28. The fourth-order valence-electron chi connectivity index (χ4n) is 3.66. The van der Waals surface area contributed by atoms with E-state index in [2.05, 4.69) is 0 Å². The molecule has 0 saturated carbocycles. The van der Waals surface area contributed by atoms with E-state index in [4.69, 9.17) is 4.74 Å². The minimum absolute atomic E-state index is 0.000490. The number of aliphatic hydroxyl groups is 1. The van der Waals surface area contributed by atoms with Crippen LogP contribution in [0.1, 0.15) is 64.4 Å². The van der Waals surface area contributed by atoms with E-state index in [1.807, 2.05) is 13.8 Å². The highest BCUT2D eigenvalue weighted by Gasteiger charge is 2.39. The third-order valence-corrected chi connectivity index (χ3v) is 5.32. The Balaban J connectivity index is 1.78. The lowest BCUT2D eigenvalue weighted by molar-refractivity contribution is -0.147. The molecular weight excluding hydrogens is 404 g/mol. The van der Waals surface area contributed by atoms with Gasteiger partial charge in [-0.2, -0.15) is 8.78 Å². The molecule has 0 radical (unpaired) electrons. The number of carbonyl (C=O) groups excluding carboxylic acids is 2. The number of likely N-dealkylation sites (tertiary alicyclic amines) is 1. The highest BCUT2D eigenvalue weighted by molar-refractivity contribution is 5.79. The molecule has 5 nitrogen and oxygen atoms in total. The molecule has 1 aromatic carbocycles. The van der Waals surface area contributed by atoms with Crippen molar-refractivity contribution >= 4 is 11.9 Å². The number of amides is 1. The minimum atomic E-state index is -3.40. The van der Waals surface area contributed by atoms with Crippen molar-refractivity contribution in [3.05, 3.63) is 48.0 Å². The predicted molar refractivity (Wildman–Crippen MR) is 115 cm³/mol. The zero-order valence-electron chi connectivity index (χ0n) is 18.3. The first kappa shape index (κ1) is 25.0. The third kappa shape index (κ3) is 7.73. The molecule has 1 fully saturated rings. The molecule has 1 N–H and O–H groups in total. The predicted octanol–water partition coefficient (Wildman–Crippen LogP) is 4.59. The minimum Gasteiger partial charge on any atom is -0.463 e. The van der Waals surface area contributed by atoms with Crippen molar-refractivity contribution in [2.75, 3.05) is 6.54 Å². The van der Waals surface area contributed by atoms with E-state index in [0.29, 0.717) is 25.8 Å². The number of alkyl halides is 2. The van der Waals surface area contributed by atoms with Crippen molar-refractivity contribution < 1.29 is 28.2 Å². The summed E-state index contributed by atoms with van der Waals surface area (Å²) in [5.74, 6) is -3.60. The molecule has 1 aliphatic heterocycles. The first-order valence-electron chi connectivity index (χ1n) is 11.0. The number of benzene rings is 1. The number of rotatable bonds is 12. The van der Waals surface area contributed by atoms with Crippen molar-refractivity contribution in [2.45, 2.75) is 83.0 Å². The Kier molecular flexibility index (Phi) is 9.62. The van der Waals surface area contributed by atoms with Crippen LogP contribution in [0.4, 0.5) is 8.78 Å². The maximum absolute atomic E-state index is 14.4. The van der Waals surface area contributed by atoms with Gasteiger partial charge in [-0.25, -0.2) is 0 Å². The lowest BCUT2D eigenvalue weighted by atomic mass is 10.0. The quantitative estimate of drug-likeness (QED) is 0.295. The van der Waals surface area contributed by atoms with Gasteiger partial charge < -0.3 is 14.7 Å². The molecule has 0 aromatic heterocycles. The fourth-order valence-corrected chi connectivity index (χ4v) is 3.66. The summed E-state index contributed by atoms with van der Waals surface area (Å²) in [4.78, 5) is 25.4. The van der Waals surface area contributed by atoms with Gasteiger partial charge in [0, 0.05) is 24.9 Å². The van der Waals surface area contributed by atoms with Gasteiger partial charge in [0.2, 0.25) is 5.91 Å². The van der Waals surface area contributed by atoms with Gasteiger partial charge >= 0.3 is 11.9 Å². The second-order valence-corrected chi connectivity index (χ2v) is 8.21. The van der Waals surface area contributed by atoms with Crippen LogP contribution in [0, 0.1) is 0 Å². The molecule has 1 saturated heterocycles. The summed E-state index contributed by atoms with van der Waals surface area (Å²) >= 11 is 0. The van der Waals surface area contributed by atoms with E-state index < -0.39 is 12.0 Å². The highest BCUT2D eigenvalue weighted by atomic mass is 19.3. The third-order valence-electron chi connectivity index (χ3n) is 5.32. The molecule has 7 heteroatoms. The number of unbranched alkanes of at least 4 members (excludes halogenated alkanes) is 3. The monoisotopic (exact) mass is 437 g/mol. The Bertz CT molecular complexity index is 736. The molecule has 0 unspecified atom stereocenters. The SMILES string of the molecule is CC(C)OC(=O)CCCCCCN1C(=O)CC[C@@H]1/C=C/[C@@H](O)C(F)(F)c1ccccc1. The van der Waals surface area contributed by atoms with Gasteiger partial charge in [-0.3, -0.25) is 9.59 Å². The van der Waals surface area contributed by atoms with E-state index in [-0.39, 0.29) is 29.6 Å². The molecule has 0 spiro atoms. The van der Waals surface area contributed by atoms with E-state index in [1.165, 1.54) is 30.3 Å². The second kappa shape index (κ2) is 11.9. The maximum Gasteiger partial charge on any atom is 0.306 e. The van der Waals surface area contributed by atoms with Gasteiger partial charge in [0.05, 0.1) is 12.1 Å². The summed E-state index contributed by atoms with van der Waals surface area (Å²) < 4.78 is 34.0. The number of hydrogen-bond donors (Lipinski definition) is 1. The molecule has 172 valence electrons. The van der Waals surface area contributed by atoms with Gasteiger partial charge in [0.1, 0.15) is 6.10 Å². The number of esters is 1. The number of halogens is 2. The molecule has 1 aliphatic rings. The molecule has 31 heavy (non-hydrogen) atoms. The van der Waals surface area contributed by atoms with Crippen LogP contribution >= 0.6 is 0 Å². The second-order valence-electron chi connectivity index (χ2n) is 8.21. The van der Waals surface area contributed by atoms with Crippen molar-refractivity contribution in [1.29, 1.82) is 0 Å². The Labute approximate surface area is 183 Å². The van der Waals surface area contributed by atoms with Crippen LogP contribution in [0.15, 0.2) is 42.5 Å². The Morgan fingerprint density at radius 1 is 1.23 bits per heavy atom. The van der Waals surface area contributed by atoms with Crippen LogP contribution in [-0.4, -0.2) is 46.7 Å². The highest BCUT2D eigenvalue weighted by Crippen LogP contribution is 2.32. The van der Waals surface area contributed by atoms with Crippen LogP contribution in [0.3, 0.4) is 0 Å². The van der Waals surface area contributed by atoms with Crippen molar-refractivity contribution in [3.63, 3.8) is 0 Å². The summed E-state index contributed by atoms with van der Waals surface area (Å²) in [6.45, 7) is 4.17. The lowest BCUT2D eigenvalue weighted by Crippen LogP contribution is -2.34. The Morgan fingerprint density at radius 2 is 1.90 bits per heavy atom. The van der Waals surface area contributed by atoms with E-state index in [1.54, 1.807) is 11.0 Å². The van der Waals surface area contributed by atoms with Crippen LogP contribution in [0.25, 0.3) is 0 Å². The number of carbonyl (C=O) groups is 2. The summed E-state index contributed by atoms with van der Waals surface area (Å²) in [6.07, 6.45) is 5.12. The smallest absolute Gasteiger partial charge is 0.306 e. The molecule has 2 atom stereocenters. The van der Waals surface area contributed by atoms with Gasteiger partial charge in [-0.15, -0.1) is 0 Å². The first-order chi connectivity index (χ1) is 14.7. The average Bonchev–Trinajstić information content (AvgIpc) is 3.08. The maximum atomic E-state index is 14.4. The molecule has 1 heterocycles. The standard InChI is InChI=1S/C24H33F2NO4/c1-18(2)31-23(30)12-8-3-4-9-17-27-20(14-16-22(27)29)13-15-21(28)24(25,26)19-10-6-5-7-11-19/h5-7,10-11,13,15,18,20-21,28H,3-4,8-9,12,14,16-17H2,1-2H3/b15-13+/t20-,21+/m0/s1. The van der Waals surface area contributed by atoms with Crippen molar-refractivity contribution in [1.82, 2.24) is 4.90 Å². The van der Waals surface area contributed by atoms with E-state index >= 15 is 0 Å². The largest absolute Gasteiger partial charge is 0.463 e. The van der Waals surface area contributed by atoms with Gasteiger partial charge in [-0.1, -0.05) is 55.3 Å². The number of aliphatic hydroxyl groups excluding tert-OH is 1. The van der Waals surface area contributed by atoms with E-state index in [0.717, 1.165) is 31.8 Å². The number of nitrogens with zero attached hydrogens (tertiary/aromatic N) is 1. The average molecular weight is 438 g/mol. The zero-order chi connectivity index (χ0) is 22.9. The van der Waals surface area contributed by atoms with Gasteiger partial charge in [0.25, 0.3) is 0 Å². The zero-order valence-corrected chi connectivity index (χ0v) is 18.3.